The van der Waals surface area contributed by atoms with Crippen LogP contribution in [0.2, 0.25) is 0 Å². The quantitative estimate of drug-likeness (QED) is 0.610. The van der Waals surface area contributed by atoms with Crippen LogP contribution in [0.3, 0.4) is 0 Å². The number of nitro groups is 1. The summed E-state index contributed by atoms with van der Waals surface area (Å²) < 4.78 is 0. The Morgan fingerprint density at radius 1 is 1.50 bits per heavy atom. The zero-order valence-corrected chi connectivity index (χ0v) is 9.73. The minimum absolute atomic E-state index is 0.0567. The van der Waals surface area contributed by atoms with E-state index in [1.165, 1.54) is 12.1 Å². The molecule has 0 amide bonds. The van der Waals surface area contributed by atoms with Crippen LogP contribution in [-0.2, 0) is 0 Å². The van der Waals surface area contributed by atoms with Crippen molar-refractivity contribution in [2.75, 3.05) is 30.4 Å². The molecule has 0 bridgehead atoms. The first-order chi connectivity index (χ1) is 7.58. The summed E-state index contributed by atoms with van der Waals surface area (Å²) in [6, 6.07) is 2.92. The Kier molecular flexibility index (Phi) is 4.04. The van der Waals surface area contributed by atoms with E-state index in [4.69, 9.17) is 0 Å². The maximum Gasteiger partial charge on any atom is 0.276 e. The highest BCUT2D eigenvalue weighted by Crippen LogP contribution is 2.22. The molecule has 1 aromatic rings. The van der Waals surface area contributed by atoms with E-state index in [0.29, 0.717) is 18.2 Å². The van der Waals surface area contributed by atoms with Gasteiger partial charge in [0.15, 0.2) is 0 Å². The summed E-state index contributed by atoms with van der Waals surface area (Å²) in [5.41, 5.74) is 0.0567. The number of pyridine rings is 1. The summed E-state index contributed by atoms with van der Waals surface area (Å²) in [6.45, 7) is 5.32. The molecule has 0 saturated heterocycles. The van der Waals surface area contributed by atoms with Crippen molar-refractivity contribution in [3.05, 3.63) is 22.2 Å². The number of aromatic nitrogens is 1. The molecule has 0 saturated carbocycles. The predicted octanol–water partition coefficient (Wildman–Crippen LogP) is 1.88. The van der Waals surface area contributed by atoms with Gasteiger partial charge in [0, 0.05) is 20.1 Å². The number of hydrogen-bond acceptors (Lipinski definition) is 5. The molecule has 16 heavy (non-hydrogen) atoms. The van der Waals surface area contributed by atoms with Crippen LogP contribution in [-0.4, -0.2) is 30.0 Å². The summed E-state index contributed by atoms with van der Waals surface area (Å²) >= 11 is 0. The summed E-state index contributed by atoms with van der Waals surface area (Å²) in [5, 5.41) is 13.7. The highest BCUT2D eigenvalue weighted by atomic mass is 16.6. The van der Waals surface area contributed by atoms with Crippen molar-refractivity contribution in [2.45, 2.75) is 13.8 Å². The number of nitrogens with one attached hydrogen (secondary N) is 1. The van der Waals surface area contributed by atoms with Crippen LogP contribution in [0.15, 0.2) is 12.1 Å². The topological polar surface area (TPSA) is 71.3 Å². The molecule has 0 radical (unpaired) electrons. The van der Waals surface area contributed by atoms with Crippen molar-refractivity contribution in [1.82, 2.24) is 4.98 Å². The van der Waals surface area contributed by atoms with Crippen molar-refractivity contribution in [2.24, 2.45) is 0 Å². The van der Waals surface area contributed by atoms with Gasteiger partial charge in [-0.3, -0.25) is 10.1 Å². The lowest BCUT2D eigenvalue weighted by Crippen LogP contribution is -2.18. The van der Waals surface area contributed by atoms with E-state index < -0.39 is 4.92 Å². The molecule has 0 spiro atoms. The lowest BCUT2D eigenvalue weighted by atomic mass is 10.3. The van der Waals surface area contributed by atoms with E-state index >= 15 is 0 Å². The van der Waals surface area contributed by atoms with Crippen molar-refractivity contribution in [1.29, 1.82) is 0 Å². The fraction of sp³-hybridized carbons (Fsp3) is 0.500. The van der Waals surface area contributed by atoms with Crippen LogP contribution in [0.1, 0.15) is 13.8 Å². The Morgan fingerprint density at radius 2 is 2.19 bits per heavy atom. The summed E-state index contributed by atoms with van der Waals surface area (Å²) in [5.74, 6) is 1.14. The monoisotopic (exact) mass is 224 g/mol. The SMILES string of the molecule is CCNc1cc([N+](=O)[O-])cc(N(C)CC)n1. The van der Waals surface area contributed by atoms with Gasteiger partial charge in [-0.05, 0) is 13.8 Å². The fourth-order valence-corrected chi connectivity index (χ4v) is 1.24. The van der Waals surface area contributed by atoms with Crippen molar-refractivity contribution in [3.8, 4) is 0 Å². The second kappa shape index (κ2) is 5.29. The normalized spacial score (nSPS) is 9.94. The minimum Gasteiger partial charge on any atom is -0.370 e. The zero-order chi connectivity index (χ0) is 12.1. The summed E-state index contributed by atoms with van der Waals surface area (Å²) in [4.78, 5) is 16.5. The van der Waals surface area contributed by atoms with Crippen molar-refractivity contribution >= 4 is 17.3 Å². The van der Waals surface area contributed by atoms with Crippen LogP contribution in [0, 0.1) is 10.1 Å². The smallest absolute Gasteiger partial charge is 0.276 e. The van der Waals surface area contributed by atoms with Crippen LogP contribution >= 0.6 is 0 Å². The molecule has 6 heteroatoms. The first-order valence-electron chi connectivity index (χ1n) is 5.20. The van der Waals surface area contributed by atoms with Gasteiger partial charge in [-0.1, -0.05) is 0 Å². The molecule has 1 rings (SSSR count). The van der Waals surface area contributed by atoms with Crippen LogP contribution in [0.5, 0.6) is 0 Å². The number of hydrogen-bond donors (Lipinski definition) is 1. The molecule has 1 N–H and O–H groups in total. The first kappa shape index (κ1) is 12.2. The average Bonchev–Trinajstić information content (AvgIpc) is 2.28. The van der Waals surface area contributed by atoms with Gasteiger partial charge in [0.05, 0.1) is 17.1 Å². The van der Waals surface area contributed by atoms with Gasteiger partial charge in [0.2, 0.25) is 0 Å². The van der Waals surface area contributed by atoms with Crippen LogP contribution in [0.25, 0.3) is 0 Å². The van der Waals surface area contributed by atoms with E-state index in [1.54, 1.807) is 0 Å². The lowest BCUT2D eigenvalue weighted by Gasteiger charge is -2.16. The summed E-state index contributed by atoms with van der Waals surface area (Å²) in [7, 11) is 1.85. The third-order valence-corrected chi connectivity index (χ3v) is 2.23. The third-order valence-electron chi connectivity index (χ3n) is 2.23. The molecule has 1 aromatic heterocycles. The highest BCUT2D eigenvalue weighted by molar-refractivity contribution is 5.55. The molecule has 0 aliphatic carbocycles. The van der Waals surface area contributed by atoms with Gasteiger partial charge in [0.1, 0.15) is 11.6 Å². The van der Waals surface area contributed by atoms with Gasteiger partial charge in [-0.25, -0.2) is 4.98 Å². The van der Waals surface area contributed by atoms with Crippen LogP contribution < -0.4 is 10.2 Å². The molecule has 0 atom stereocenters. The number of anilines is 2. The average molecular weight is 224 g/mol. The van der Waals surface area contributed by atoms with E-state index in [0.717, 1.165) is 6.54 Å². The Balaban J connectivity index is 3.13. The number of rotatable bonds is 5. The van der Waals surface area contributed by atoms with E-state index in [2.05, 4.69) is 10.3 Å². The van der Waals surface area contributed by atoms with Crippen molar-refractivity contribution < 1.29 is 4.92 Å². The Hall–Kier alpha value is -1.85. The second-order valence-electron chi connectivity index (χ2n) is 3.37. The molecule has 0 aliphatic rings. The first-order valence-corrected chi connectivity index (χ1v) is 5.20. The van der Waals surface area contributed by atoms with Gasteiger partial charge < -0.3 is 10.2 Å². The molecule has 0 aliphatic heterocycles. The van der Waals surface area contributed by atoms with Gasteiger partial charge in [-0.2, -0.15) is 0 Å². The maximum absolute atomic E-state index is 10.8. The Morgan fingerprint density at radius 3 is 2.69 bits per heavy atom. The molecule has 0 unspecified atom stereocenters. The summed E-state index contributed by atoms with van der Waals surface area (Å²) in [6.07, 6.45) is 0. The maximum atomic E-state index is 10.8. The lowest BCUT2D eigenvalue weighted by molar-refractivity contribution is -0.384. The van der Waals surface area contributed by atoms with Crippen molar-refractivity contribution in [3.63, 3.8) is 0 Å². The molecular weight excluding hydrogens is 208 g/mol. The van der Waals surface area contributed by atoms with E-state index in [1.807, 2.05) is 25.8 Å². The zero-order valence-electron chi connectivity index (χ0n) is 9.73. The predicted molar refractivity (Wildman–Crippen MR) is 64.0 cm³/mol. The Bertz CT molecular complexity index is 381. The largest absolute Gasteiger partial charge is 0.370 e. The Labute approximate surface area is 94.4 Å². The van der Waals surface area contributed by atoms with Gasteiger partial charge in [-0.15, -0.1) is 0 Å². The van der Waals surface area contributed by atoms with E-state index in [9.17, 15) is 10.1 Å². The molecular formula is C10H16N4O2. The minimum atomic E-state index is -0.407. The fourth-order valence-electron chi connectivity index (χ4n) is 1.24. The second-order valence-corrected chi connectivity index (χ2v) is 3.37. The standard InChI is InChI=1S/C10H16N4O2/c1-4-11-9-6-8(14(15)16)7-10(12-9)13(3)5-2/h6-7H,4-5H2,1-3H3,(H,11,12). The molecule has 1 heterocycles. The molecule has 88 valence electrons. The van der Waals surface area contributed by atoms with Gasteiger partial charge in [0.25, 0.3) is 5.69 Å². The third kappa shape index (κ3) is 2.82. The molecule has 6 nitrogen and oxygen atoms in total. The molecule has 0 aromatic carbocycles. The van der Waals surface area contributed by atoms with Crippen LogP contribution in [0.4, 0.5) is 17.3 Å². The van der Waals surface area contributed by atoms with Gasteiger partial charge >= 0.3 is 0 Å². The number of nitrogens with zero attached hydrogens (tertiary/aromatic N) is 3. The van der Waals surface area contributed by atoms with E-state index in [-0.39, 0.29) is 5.69 Å². The molecule has 0 fully saturated rings. The highest BCUT2D eigenvalue weighted by Gasteiger charge is 2.12.